The Morgan fingerprint density at radius 1 is 0.921 bits per heavy atom. The first-order valence-electron chi connectivity index (χ1n) is 11.3. The second kappa shape index (κ2) is 12.4. The topological polar surface area (TPSA) is 105 Å². The van der Waals surface area contributed by atoms with Crippen molar-refractivity contribution in [1.29, 1.82) is 0 Å². The molecule has 0 aliphatic carbocycles. The summed E-state index contributed by atoms with van der Waals surface area (Å²) in [7, 11) is 0. The van der Waals surface area contributed by atoms with Crippen LogP contribution in [0.4, 0.5) is 16.2 Å². The number of aryl methyl sites for hydroxylation is 1. The molecule has 4 rings (SSSR count). The third kappa shape index (κ3) is 7.12. The van der Waals surface area contributed by atoms with Gasteiger partial charge < -0.3 is 15.4 Å². The Morgan fingerprint density at radius 2 is 1.58 bits per heavy atom. The zero-order valence-electron chi connectivity index (χ0n) is 20.0. The van der Waals surface area contributed by atoms with Gasteiger partial charge in [-0.3, -0.25) is 24.1 Å². The molecule has 0 unspecified atom stereocenters. The molecule has 1 aliphatic heterocycles. The summed E-state index contributed by atoms with van der Waals surface area (Å²) in [6.45, 7) is 1.33. The van der Waals surface area contributed by atoms with Crippen molar-refractivity contribution in [3.05, 3.63) is 91.7 Å². The molecule has 1 heterocycles. The van der Waals surface area contributed by atoms with Gasteiger partial charge in [-0.1, -0.05) is 30.3 Å². The van der Waals surface area contributed by atoms with Crippen LogP contribution in [0, 0.1) is 6.92 Å². The van der Waals surface area contributed by atoms with Gasteiger partial charge in [0.2, 0.25) is 5.91 Å². The monoisotopic (exact) mass is 657 g/mol. The molecule has 1 saturated heterocycles. The Kier molecular flexibility index (Phi) is 9.03. The van der Waals surface area contributed by atoms with Gasteiger partial charge in [-0.25, -0.2) is 0 Å². The summed E-state index contributed by atoms with van der Waals surface area (Å²) in [4.78, 5) is 51.0. The number of imide groups is 1. The molecule has 0 bridgehead atoms. The zero-order valence-corrected chi connectivity index (χ0v) is 24.0. The van der Waals surface area contributed by atoms with Gasteiger partial charge >= 0.3 is 0 Å². The summed E-state index contributed by atoms with van der Waals surface area (Å²) in [5.74, 6) is -0.933. The van der Waals surface area contributed by atoms with Crippen LogP contribution in [0.25, 0.3) is 6.08 Å². The number of benzene rings is 3. The third-order valence-corrected chi connectivity index (χ3v) is 7.29. The van der Waals surface area contributed by atoms with E-state index in [2.05, 4.69) is 42.5 Å². The summed E-state index contributed by atoms with van der Waals surface area (Å²) < 4.78 is 6.79. The zero-order chi connectivity index (χ0) is 27.2. The number of thioether (sulfide) groups is 1. The van der Waals surface area contributed by atoms with Gasteiger partial charge in [-0.05, 0) is 104 Å². The van der Waals surface area contributed by atoms with Crippen LogP contribution in [0.5, 0.6) is 5.75 Å². The van der Waals surface area contributed by atoms with E-state index in [1.165, 1.54) is 0 Å². The fourth-order valence-electron chi connectivity index (χ4n) is 3.51. The summed E-state index contributed by atoms with van der Waals surface area (Å²) in [5, 5.41) is 4.92. The van der Waals surface area contributed by atoms with Gasteiger partial charge in [0.1, 0.15) is 12.3 Å². The van der Waals surface area contributed by atoms with Crippen molar-refractivity contribution in [3.8, 4) is 5.75 Å². The lowest BCUT2D eigenvalue weighted by Crippen LogP contribution is -2.36. The van der Waals surface area contributed by atoms with Gasteiger partial charge in [0.25, 0.3) is 17.1 Å². The van der Waals surface area contributed by atoms with Gasteiger partial charge in [0.15, 0.2) is 6.61 Å². The molecule has 194 valence electrons. The molecule has 4 amide bonds. The van der Waals surface area contributed by atoms with Crippen molar-refractivity contribution >= 4 is 84.0 Å². The van der Waals surface area contributed by atoms with Crippen LogP contribution in [-0.2, 0) is 14.4 Å². The van der Waals surface area contributed by atoms with Crippen molar-refractivity contribution in [3.63, 3.8) is 0 Å². The lowest BCUT2D eigenvalue weighted by Gasteiger charge is -2.13. The number of halogens is 2. The predicted octanol–water partition coefficient (Wildman–Crippen LogP) is 6.21. The quantitative estimate of drug-likeness (QED) is 0.279. The maximum atomic E-state index is 12.8. The molecule has 0 atom stereocenters. The minimum absolute atomic E-state index is 0.188. The van der Waals surface area contributed by atoms with Gasteiger partial charge in [-0.15, -0.1) is 0 Å². The number of rotatable bonds is 8. The molecule has 0 saturated carbocycles. The van der Waals surface area contributed by atoms with Crippen molar-refractivity contribution in [1.82, 2.24) is 4.90 Å². The van der Waals surface area contributed by atoms with E-state index in [9.17, 15) is 19.2 Å². The minimum atomic E-state index is -0.552. The van der Waals surface area contributed by atoms with Crippen LogP contribution in [0.15, 0.2) is 80.6 Å². The Labute approximate surface area is 240 Å². The molecular formula is C27H21Br2N3O5S. The van der Waals surface area contributed by atoms with Crippen LogP contribution >= 0.6 is 43.6 Å². The number of carbonyl (C=O) groups excluding carboxylic acids is 4. The van der Waals surface area contributed by atoms with Crippen LogP contribution in [-0.4, -0.2) is 41.0 Å². The second-order valence-corrected chi connectivity index (χ2v) is 10.9. The van der Waals surface area contributed by atoms with Crippen LogP contribution in [0.2, 0.25) is 0 Å². The maximum absolute atomic E-state index is 12.8. The molecule has 0 radical (unpaired) electrons. The molecule has 0 spiro atoms. The normalized spacial score (nSPS) is 14.1. The number of amides is 4. The molecule has 2 N–H and O–H groups in total. The van der Waals surface area contributed by atoms with Crippen LogP contribution in [0.3, 0.4) is 0 Å². The van der Waals surface area contributed by atoms with E-state index in [0.717, 1.165) is 22.2 Å². The Bertz CT molecular complexity index is 1420. The molecule has 3 aromatic rings. The first kappa shape index (κ1) is 27.6. The smallest absolute Gasteiger partial charge is 0.294 e. The molecule has 1 aliphatic rings. The fourth-order valence-corrected chi connectivity index (χ4v) is 5.80. The number of ether oxygens (including phenoxy) is 1. The highest BCUT2D eigenvalue weighted by Gasteiger charge is 2.36. The van der Waals surface area contributed by atoms with E-state index in [1.54, 1.807) is 48.5 Å². The highest BCUT2D eigenvalue weighted by atomic mass is 79.9. The Balaban J connectivity index is 1.39. The van der Waals surface area contributed by atoms with Crippen LogP contribution < -0.4 is 15.4 Å². The number of nitrogens with one attached hydrogen (secondary N) is 2. The molecule has 8 nitrogen and oxygen atoms in total. The minimum Gasteiger partial charge on any atom is -0.481 e. The molecule has 38 heavy (non-hydrogen) atoms. The van der Waals surface area contributed by atoms with E-state index in [-0.39, 0.29) is 24.0 Å². The molecule has 3 aromatic carbocycles. The summed E-state index contributed by atoms with van der Waals surface area (Å²) >= 11 is 7.64. The molecule has 11 heteroatoms. The van der Waals surface area contributed by atoms with Crippen LogP contribution in [0.1, 0.15) is 11.1 Å². The lowest BCUT2D eigenvalue weighted by molar-refractivity contribution is -0.127. The van der Waals surface area contributed by atoms with Gasteiger partial charge in [-0.2, -0.15) is 0 Å². The van der Waals surface area contributed by atoms with E-state index in [1.807, 2.05) is 31.2 Å². The maximum Gasteiger partial charge on any atom is 0.294 e. The summed E-state index contributed by atoms with van der Waals surface area (Å²) in [5.41, 5.74) is 2.89. The van der Waals surface area contributed by atoms with Crippen molar-refractivity contribution in [2.24, 2.45) is 0 Å². The van der Waals surface area contributed by atoms with Crippen molar-refractivity contribution in [2.45, 2.75) is 6.92 Å². The number of carbonyl (C=O) groups is 4. The number of hydrogen-bond donors (Lipinski definition) is 2. The summed E-state index contributed by atoms with van der Waals surface area (Å²) in [6.07, 6.45) is 1.56. The first-order valence-corrected chi connectivity index (χ1v) is 13.7. The number of anilines is 2. The summed E-state index contributed by atoms with van der Waals surface area (Å²) in [6, 6.07) is 19.6. The first-order chi connectivity index (χ1) is 18.2. The fraction of sp³-hybridized carbons (Fsp3) is 0.111. The molecular weight excluding hydrogens is 638 g/mol. The highest BCUT2D eigenvalue weighted by Crippen LogP contribution is 2.37. The van der Waals surface area contributed by atoms with Crippen molar-refractivity contribution < 1.29 is 23.9 Å². The van der Waals surface area contributed by atoms with Gasteiger partial charge in [0, 0.05) is 11.4 Å². The SMILES string of the molecule is Cc1cccc(NC(=O)COc2c(Br)cc(/C=C3\SC(=O)N(CC(=O)Nc4ccccc4)C3=O)cc2Br)c1. The van der Waals surface area contributed by atoms with E-state index < -0.39 is 17.1 Å². The average Bonchev–Trinajstić information content (AvgIpc) is 3.11. The number of nitrogens with zero attached hydrogens (tertiary/aromatic N) is 1. The second-order valence-electron chi connectivity index (χ2n) is 8.20. The predicted molar refractivity (Wildman–Crippen MR) is 155 cm³/mol. The lowest BCUT2D eigenvalue weighted by atomic mass is 10.2. The molecule has 0 aromatic heterocycles. The molecule has 1 fully saturated rings. The van der Waals surface area contributed by atoms with E-state index in [4.69, 9.17) is 4.74 Å². The standard InChI is InChI=1S/C27H21Br2N3O5S/c1-16-6-5-9-19(10-16)31-24(34)15-37-25-20(28)11-17(12-21(25)29)13-22-26(35)32(27(36)38-22)14-23(33)30-18-7-3-2-4-8-18/h2-13H,14-15H2,1H3,(H,30,33)(H,31,34)/b22-13-. The Morgan fingerprint density at radius 3 is 2.26 bits per heavy atom. The van der Waals surface area contributed by atoms with E-state index in [0.29, 0.717) is 31.6 Å². The number of para-hydroxylation sites is 1. The number of hydrogen-bond acceptors (Lipinski definition) is 6. The van der Waals surface area contributed by atoms with Gasteiger partial charge in [0.05, 0.1) is 13.9 Å². The van der Waals surface area contributed by atoms with Crippen molar-refractivity contribution in [2.75, 3.05) is 23.8 Å². The van der Waals surface area contributed by atoms with E-state index >= 15 is 0 Å². The average molecular weight is 659 g/mol. The highest BCUT2D eigenvalue weighted by molar-refractivity contribution is 9.11. The largest absolute Gasteiger partial charge is 0.481 e. The third-order valence-electron chi connectivity index (χ3n) is 5.20. The Hall–Kier alpha value is -3.41.